The first kappa shape index (κ1) is 21.3. The number of hydrogen-bond donors (Lipinski definition) is 0. The van der Waals surface area contributed by atoms with Gasteiger partial charge in [-0.1, -0.05) is 17.7 Å². The highest BCUT2D eigenvalue weighted by molar-refractivity contribution is 7.87. The Hall–Kier alpha value is -1.71. The lowest BCUT2D eigenvalue weighted by Gasteiger charge is -2.25. The number of nitrogens with zero attached hydrogens (tertiary/aromatic N) is 1. The third-order valence-corrected chi connectivity index (χ3v) is 4.15. The fourth-order valence-corrected chi connectivity index (χ4v) is 2.56. The number of nitriles is 1. The summed E-state index contributed by atoms with van der Waals surface area (Å²) in [5.41, 5.74) is -6.77. The van der Waals surface area contributed by atoms with Crippen molar-refractivity contribution in [3.8, 4) is 11.8 Å². The first-order chi connectivity index (χ1) is 11.2. The Balaban J connectivity index is 3.40. The Morgan fingerprint density at radius 2 is 1.76 bits per heavy atom. The van der Waals surface area contributed by atoms with Gasteiger partial charge in [0.1, 0.15) is 11.7 Å². The Morgan fingerprint density at radius 1 is 1.20 bits per heavy atom. The van der Waals surface area contributed by atoms with E-state index in [9.17, 15) is 34.8 Å². The van der Waals surface area contributed by atoms with E-state index in [-0.39, 0.29) is 10.8 Å². The minimum Gasteiger partial charge on any atom is -0.495 e. The van der Waals surface area contributed by atoms with Gasteiger partial charge in [0.05, 0.1) is 18.2 Å². The lowest BCUT2D eigenvalue weighted by molar-refractivity contribution is -0.164. The Bertz CT molecular complexity index is 771. The van der Waals surface area contributed by atoms with Gasteiger partial charge < -0.3 is 4.74 Å². The molecule has 25 heavy (non-hydrogen) atoms. The average Bonchev–Trinajstić information content (AvgIpc) is 2.43. The van der Waals surface area contributed by atoms with Gasteiger partial charge in [0.2, 0.25) is 0 Å². The van der Waals surface area contributed by atoms with E-state index in [1.807, 2.05) is 0 Å². The maximum atomic E-state index is 13.2. The summed E-state index contributed by atoms with van der Waals surface area (Å²) in [6.07, 6.45) is -8.32. The maximum Gasteiger partial charge on any atom is 0.523 e. The van der Waals surface area contributed by atoms with Crippen molar-refractivity contribution in [3.63, 3.8) is 0 Å². The molecule has 0 saturated heterocycles. The van der Waals surface area contributed by atoms with Gasteiger partial charge in [0.15, 0.2) is 6.10 Å². The molecule has 0 aliphatic rings. The van der Waals surface area contributed by atoms with Crippen molar-refractivity contribution in [1.29, 1.82) is 5.26 Å². The van der Waals surface area contributed by atoms with Crippen LogP contribution in [-0.4, -0.2) is 33.3 Å². The number of halogens is 7. The second-order valence-electron chi connectivity index (χ2n) is 4.46. The van der Waals surface area contributed by atoms with Crippen molar-refractivity contribution in [2.45, 2.75) is 23.7 Å². The van der Waals surface area contributed by atoms with E-state index in [1.54, 1.807) is 0 Å². The van der Waals surface area contributed by atoms with Crippen molar-refractivity contribution >= 4 is 21.7 Å². The zero-order valence-corrected chi connectivity index (χ0v) is 13.6. The third kappa shape index (κ3) is 4.90. The van der Waals surface area contributed by atoms with Gasteiger partial charge in [-0.3, -0.25) is 0 Å². The maximum absolute atomic E-state index is 13.2. The van der Waals surface area contributed by atoms with Crippen LogP contribution in [0, 0.1) is 11.3 Å². The summed E-state index contributed by atoms with van der Waals surface area (Å²) < 4.78 is 107. The van der Waals surface area contributed by atoms with Crippen LogP contribution < -0.4 is 4.74 Å². The van der Waals surface area contributed by atoms with Crippen LogP contribution >= 0.6 is 11.6 Å². The third-order valence-electron chi connectivity index (χ3n) is 2.83. The molecule has 0 N–H and O–H groups in total. The molecule has 0 amide bonds. The Labute approximate surface area is 142 Å². The van der Waals surface area contributed by atoms with Gasteiger partial charge in [-0.25, -0.2) is 4.18 Å². The standard InChI is InChI=1S/C12H8ClF6NO4S/c1-23-8-3-2-6(4-7(8)13)10(11(14,15)16)9(5-20)24-25(21,22)12(17,18)19/h2-4,9-10H,1H3/t9-,10?/m0/s1. The highest BCUT2D eigenvalue weighted by Crippen LogP contribution is 2.42. The molecule has 1 unspecified atom stereocenters. The second kappa shape index (κ2) is 7.27. The monoisotopic (exact) mass is 411 g/mol. The van der Waals surface area contributed by atoms with Crippen molar-refractivity contribution < 1.29 is 43.7 Å². The van der Waals surface area contributed by atoms with Crippen molar-refractivity contribution in [2.75, 3.05) is 7.11 Å². The van der Waals surface area contributed by atoms with E-state index in [0.717, 1.165) is 18.2 Å². The minimum absolute atomic E-state index is 0.0383. The number of methoxy groups -OCH3 is 1. The van der Waals surface area contributed by atoms with Gasteiger partial charge in [-0.05, 0) is 17.7 Å². The van der Waals surface area contributed by atoms with Crippen LogP contribution in [-0.2, 0) is 14.3 Å². The minimum atomic E-state index is -6.43. The van der Waals surface area contributed by atoms with Crippen LogP contribution in [0.15, 0.2) is 18.2 Å². The lowest BCUT2D eigenvalue weighted by atomic mass is 9.93. The molecular formula is C12H8ClF6NO4S. The largest absolute Gasteiger partial charge is 0.523 e. The van der Waals surface area contributed by atoms with Gasteiger partial charge in [-0.15, -0.1) is 0 Å². The van der Waals surface area contributed by atoms with Crippen LogP contribution in [0.1, 0.15) is 11.5 Å². The SMILES string of the molecule is COc1ccc(C([C@H](C#N)OS(=O)(=O)C(F)(F)F)C(F)(F)F)cc1Cl. The molecule has 0 aliphatic carbocycles. The summed E-state index contributed by atoms with van der Waals surface area (Å²) in [6, 6.07) is 3.22. The zero-order chi connectivity index (χ0) is 19.6. The van der Waals surface area contributed by atoms with E-state index in [0.29, 0.717) is 6.07 Å². The molecule has 1 aromatic rings. The molecule has 13 heteroatoms. The molecule has 0 bridgehead atoms. The fourth-order valence-electron chi connectivity index (χ4n) is 1.75. The molecule has 140 valence electrons. The van der Waals surface area contributed by atoms with Crippen molar-refractivity contribution in [1.82, 2.24) is 0 Å². The van der Waals surface area contributed by atoms with E-state index >= 15 is 0 Å². The van der Waals surface area contributed by atoms with Crippen molar-refractivity contribution in [2.24, 2.45) is 0 Å². The molecule has 0 aromatic heterocycles. The summed E-state index contributed by atoms with van der Waals surface area (Å²) in [7, 11) is -5.26. The van der Waals surface area contributed by atoms with Crippen LogP contribution in [0.4, 0.5) is 26.3 Å². The number of alkyl halides is 6. The van der Waals surface area contributed by atoms with Gasteiger partial charge in [-0.2, -0.15) is 40.0 Å². The molecule has 1 aromatic carbocycles. The van der Waals surface area contributed by atoms with Gasteiger partial charge in [0.25, 0.3) is 0 Å². The summed E-state index contributed by atoms with van der Waals surface area (Å²) in [5.74, 6) is -3.04. The van der Waals surface area contributed by atoms with E-state index in [1.165, 1.54) is 7.11 Å². The normalized spacial score (nSPS) is 15.3. The summed E-state index contributed by atoms with van der Waals surface area (Å²) in [4.78, 5) is 0. The lowest BCUT2D eigenvalue weighted by Crippen LogP contribution is -2.38. The van der Waals surface area contributed by atoms with Crippen LogP contribution in [0.3, 0.4) is 0 Å². The number of rotatable bonds is 5. The molecule has 0 spiro atoms. The molecule has 5 nitrogen and oxygen atoms in total. The highest BCUT2D eigenvalue weighted by Gasteiger charge is 2.54. The van der Waals surface area contributed by atoms with Gasteiger partial charge in [0, 0.05) is 0 Å². The van der Waals surface area contributed by atoms with Crippen LogP contribution in [0.2, 0.25) is 5.02 Å². The van der Waals surface area contributed by atoms with Gasteiger partial charge >= 0.3 is 21.8 Å². The predicted molar refractivity (Wildman–Crippen MR) is 72.3 cm³/mol. The Morgan fingerprint density at radius 3 is 2.12 bits per heavy atom. The fraction of sp³-hybridized carbons (Fsp3) is 0.417. The van der Waals surface area contributed by atoms with Crippen molar-refractivity contribution in [3.05, 3.63) is 28.8 Å². The number of benzene rings is 1. The molecule has 0 saturated carbocycles. The topological polar surface area (TPSA) is 76.4 Å². The number of hydrogen-bond acceptors (Lipinski definition) is 5. The molecule has 0 radical (unpaired) electrons. The van der Waals surface area contributed by atoms with E-state index < -0.39 is 39.4 Å². The molecule has 2 atom stereocenters. The van der Waals surface area contributed by atoms with E-state index in [4.69, 9.17) is 21.6 Å². The first-order valence-corrected chi connectivity index (χ1v) is 7.82. The molecule has 0 fully saturated rings. The average molecular weight is 412 g/mol. The molecular weight excluding hydrogens is 404 g/mol. The summed E-state index contributed by atoms with van der Waals surface area (Å²) in [5, 5.41) is 8.43. The summed E-state index contributed by atoms with van der Waals surface area (Å²) in [6.45, 7) is 0. The molecule has 1 rings (SSSR count). The van der Waals surface area contributed by atoms with E-state index in [2.05, 4.69) is 4.18 Å². The quantitative estimate of drug-likeness (QED) is 0.419. The highest BCUT2D eigenvalue weighted by atomic mass is 35.5. The zero-order valence-electron chi connectivity index (χ0n) is 12.0. The Kier molecular flexibility index (Phi) is 6.20. The molecule has 0 aliphatic heterocycles. The first-order valence-electron chi connectivity index (χ1n) is 6.04. The number of ether oxygens (including phenoxy) is 1. The van der Waals surface area contributed by atoms with Crippen LogP contribution in [0.25, 0.3) is 0 Å². The predicted octanol–water partition coefficient (Wildman–Crippen LogP) is 3.75. The molecule has 0 heterocycles. The summed E-state index contributed by atoms with van der Waals surface area (Å²) >= 11 is 5.66. The van der Waals surface area contributed by atoms with Crippen LogP contribution in [0.5, 0.6) is 5.75 Å². The second-order valence-corrected chi connectivity index (χ2v) is 6.43. The smallest absolute Gasteiger partial charge is 0.495 e.